The Morgan fingerprint density at radius 2 is 2.05 bits per heavy atom. The third-order valence-corrected chi connectivity index (χ3v) is 3.59. The summed E-state index contributed by atoms with van der Waals surface area (Å²) < 4.78 is 26.8. The van der Waals surface area contributed by atoms with Crippen LogP contribution in [0.25, 0.3) is 0 Å². The van der Waals surface area contributed by atoms with Gasteiger partial charge in [0.05, 0.1) is 5.56 Å². The molecular formula is C14H19ClF2N2O. The topological polar surface area (TPSA) is 41.1 Å². The monoisotopic (exact) mass is 304 g/mol. The van der Waals surface area contributed by atoms with E-state index in [1.54, 1.807) is 0 Å². The summed E-state index contributed by atoms with van der Waals surface area (Å²) in [6.45, 7) is 5.21. The third kappa shape index (κ3) is 3.67. The molecule has 1 saturated heterocycles. The van der Waals surface area contributed by atoms with Crippen molar-refractivity contribution in [2.24, 2.45) is 5.92 Å². The van der Waals surface area contributed by atoms with Gasteiger partial charge in [-0.2, -0.15) is 0 Å². The summed E-state index contributed by atoms with van der Waals surface area (Å²) in [6.07, 6.45) is 0.814. The Bertz CT molecular complexity index is 496. The number of nitrogens with one attached hydrogen (secondary N) is 2. The number of carbonyl (C=O) groups excluding carboxylic acids is 1. The van der Waals surface area contributed by atoms with Crippen LogP contribution < -0.4 is 10.6 Å². The fourth-order valence-corrected chi connectivity index (χ4v) is 2.31. The van der Waals surface area contributed by atoms with Crippen molar-refractivity contribution in [1.82, 2.24) is 10.6 Å². The molecule has 0 aromatic heterocycles. The van der Waals surface area contributed by atoms with E-state index in [2.05, 4.69) is 10.6 Å². The Balaban J connectivity index is 0.00000200. The van der Waals surface area contributed by atoms with Gasteiger partial charge in [-0.15, -0.1) is 12.4 Å². The molecule has 6 heteroatoms. The molecule has 0 radical (unpaired) electrons. The van der Waals surface area contributed by atoms with Crippen molar-refractivity contribution >= 4 is 18.3 Å². The molecule has 1 fully saturated rings. The van der Waals surface area contributed by atoms with Gasteiger partial charge in [0.2, 0.25) is 0 Å². The van der Waals surface area contributed by atoms with E-state index in [4.69, 9.17) is 0 Å². The quantitative estimate of drug-likeness (QED) is 0.881. The second-order valence-electron chi connectivity index (χ2n) is 5.13. The van der Waals surface area contributed by atoms with Crippen molar-refractivity contribution in [3.8, 4) is 0 Å². The van der Waals surface area contributed by atoms with Crippen LogP contribution in [-0.2, 0) is 0 Å². The van der Waals surface area contributed by atoms with E-state index in [-0.39, 0.29) is 29.6 Å². The zero-order chi connectivity index (χ0) is 14.0. The van der Waals surface area contributed by atoms with E-state index in [0.29, 0.717) is 5.92 Å². The van der Waals surface area contributed by atoms with Crippen molar-refractivity contribution in [1.29, 1.82) is 0 Å². The number of rotatable bonds is 2. The largest absolute Gasteiger partial charge is 0.349 e. The zero-order valence-corrected chi connectivity index (χ0v) is 12.3. The first-order chi connectivity index (χ1) is 8.99. The molecule has 0 aliphatic carbocycles. The molecule has 1 aliphatic rings. The van der Waals surface area contributed by atoms with Gasteiger partial charge >= 0.3 is 0 Å². The minimum Gasteiger partial charge on any atom is -0.349 e. The lowest BCUT2D eigenvalue weighted by Gasteiger charge is -2.30. The van der Waals surface area contributed by atoms with Gasteiger partial charge in [-0.25, -0.2) is 8.78 Å². The van der Waals surface area contributed by atoms with Gasteiger partial charge in [-0.05, 0) is 44.0 Å². The van der Waals surface area contributed by atoms with Crippen molar-refractivity contribution in [2.75, 3.05) is 13.1 Å². The normalized spacial score (nSPS) is 22.0. The molecule has 3 nitrogen and oxygen atoms in total. The molecular weight excluding hydrogens is 286 g/mol. The maximum atomic E-state index is 13.6. The third-order valence-electron chi connectivity index (χ3n) is 3.59. The van der Waals surface area contributed by atoms with E-state index < -0.39 is 17.5 Å². The van der Waals surface area contributed by atoms with Crippen LogP contribution in [0.2, 0.25) is 0 Å². The minimum absolute atomic E-state index is 0. The number of carbonyl (C=O) groups is 1. The van der Waals surface area contributed by atoms with Crippen molar-refractivity contribution < 1.29 is 13.6 Å². The van der Waals surface area contributed by atoms with E-state index in [9.17, 15) is 13.6 Å². The molecule has 1 amide bonds. The van der Waals surface area contributed by atoms with Crippen LogP contribution >= 0.6 is 12.4 Å². The Hall–Kier alpha value is -1.20. The molecule has 1 aromatic carbocycles. The molecule has 20 heavy (non-hydrogen) atoms. The van der Waals surface area contributed by atoms with Crippen LogP contribution in [-0.4, -0.2) is 25.0 Å². The molecule has 0 bridgehead atoms. The molecule has 1 heterocycles. The molecule has 2 atom stereocenters. The van der Waals surface area contributed by atoms with Crippen LogP contribution in [0.5, 0.6) is 0 Å². The fraction of sp³-hybridized carbons (Fsp3) is 0.500. The maximum absolute atomic E-state index is 13.6. The fourth-order valence-electron chi connectivity index (χ4n) is 2.31. The summed E-state index contributed by atoms with van der Waals surface area (Å²) in [6, 6.07) is 2.04. The first kappa shape index (κ1) is 16.9. The average molecular weight is 305 g/mol. The van der Waals surface area contributed by atoms with Crippen molar-refractivity contribution in [3.63, 3.8) is 0 Å². The minimum atomic E-state index is -0.817. The molecule has 2 N–H and O–H groups in total. The lowest BCUT2D eigenvalue weighted by atomic mass is 9.95. The lowest BCUT2D eigenvalue weighted by molar-refractivity contribution is 0.0910. The Morgan fingerprint density at radius 1 is 1.35 bits per heavy atom. The SMILES string of the molecule is Cc1cc(C(=O)NC2CCNCC2C)c(F)cc1F.Cl. The van der Waals surface area contributed by atoms with Gasteiger partial charge in [0, 0.05) is 12.1 Å². The van der Waals surface area contributed by atoms with Gasteiger partial charge in [-0.1, -0.05) is 6.92 Å². The summed E-state index contributed by atoms with van der Waals surface area (Å²) in [4.78, 5) is 12.0. The van der Waals surface area contributed by atoms with Crippen LogP contribution in [0.1, 0.15) is 29.3 Å². The Labute approximate surface area is 123 Å². The van der Waals surface area contributed by atoms with E-state index in [1.165, 1.54) is 13.0 Å². The predicted molar refractivity (Wildman–Crippen MR) is 76.2 cm³/mol. The second kappa shape index (κ2) is 6.99. The zero-order valence-electron chi connectivity index (χ0n) is 11.5. The molecule has 2 rings (SSSR count). The van der Waals surface area contributed by atoms with Gasteiger partial charge in [0.1, 0.15) is 11.6 Å². The van der Waals surface area contributed by atoms with Crippen LogP contribution in [0, 0.1) is 24.5 Å². The summed E-state index contributed by atoms with van der Waals surface area (Å²) in [5.41, 5.74) is 0.176. The van der Waals surface area contributed by atoms with Crippen molar-refractivity contribution in [2.45, 2.75) is 26.3 Å². The summed E-state index contributed by atoms with van der Waals surface area (Å²) in [5, 5.41) is 6.06. The second-order valence-corrected chi connectivity index (χ2v) is 5.13. The number of hydrogen-bond acceptors (Lipinski definition) is 2. The smallest absolute Gasteiger partial charge is 0.254 e. The van der Waals surface area contributed by atoms with E-state index in [0.717, 1.165) is 25.6 Å². The predicted octanol–water partition coefficient (Wildman–Crippen LogP) is 2.42. The number of benzene rings is 1. The molecule has 0 saturated carbocycles. The standard InChI is InChI=1S/C14H18F2N2O.ClH/c1-8-5-10(12(16)6-11(8)15)14(19)18-13-3-4-17-7-9(13)2;/h5-6,9,13,17H,3-4,7H2,1-2H3,(H,18,19);1H. The summed E-state index contributed by atoms with van der Waals surface area (Å²) >= 11 is 0. The van der Waals surface area contributed by atoms with E-state index in [1.807, 2.05) is 6.92 Å². The van der Waals surface area contributed by atoms with E-state index >= 15 is 0 Å². The number of amides is 1. The molecule has 2 unspecified atom stereocenters. The maximum Gasteiger partial charge on any atom is 0.254 e. The highest BCUT2D eigenvalue weighted by atomic mass is 35.5. The molecule has 1 aromatic rings. The molecule has 112 valence electrons. The highest BCUT2D eigenvalue weighted by molar-refractivity contribution is 5.94. The van der Waals surface area contributed by atoms with Gasteiger partial charge in [0.15, 0.2) is 0 Å². The lowest BCUT2D eigenvalue weighted by Crippen LogP contribution is -2.48. The van der Waals surface area contributed by atoms with Gasteiger partial charge < -0.3 is 10.6 Å². The summed E-state index contributed by atoms with van der Waals surface area (Å²) in [5.74, 6) is -1.63. The highest BCUT2D eigenvalue weighted by Crippen LogP contribution is 2.16. The number of aryl methyl sites for hydroxylation is 1. The Kier molecular flexibility index (Phi) is 5.89. The number of hydrogen-bond donors (Lipinski definition) is 2. The molecule has 1 aliphatic heterocycles. The number of halogens is 3. The highest BCUT2D eigenvalue weighted by Gasteiger charge is 2.24. The van der Waals surface area contributed by atoms with Crippen molar-refractivity contribution in [3.05, 3.63) is 34.9 Å². The van der Waals surface area contributed by atoms with Gasteiger partial charge in [0.25, 0.3) is 5.91 Å². The number of piperidine rings is 1. The summed E-state index contributed by atoms with van der Waals surface area (Å²) in [7, 11) is 0. The first-order valence-electron chi connectivity index (χ1n) is 6.46. The van der Waals surface area contributed by atoms with Crippen LogP contribution in [0.4, 0.5) is 8.78 Å². The average Bonchev–Trinajstić information content (AvgIpc) is 2.36. The van der Waals surface area contributed by atoms with Crippen LogP contribution in [0.15, 0.2) is 12.1 Å². The van der Waals surface area contributed by atoms with Crippen LogP contribution in [0.3, 0.4) is 0 Å². The first-order valence-corrected chi connectivity index (χ1v) is 6.46. The Morgan fingerprint density at radius 3 is 2.70 bits per heavy atom. The van der Waals surface area contributed by atoms with Gasteiger partial charge in [-0.3, -0.25) is 4.79 Å². The molecule has 0 spiro atoms.